The van der Waals surface area contributed by atoms with Crippen LogP contribution >= 0.6 is 11.3 Å². The van der Waals surface area contributed by atoms with Crippen molar-refractivity contribution < 1.29 is 23.5 Å². The van der Waals surface area contributed by atoms with Crippen LogP contribution in [-0.4, -0.2) is 32.4 Å². The number of fused-ring (bicyclic) bond motifs is 2. The van der Waals surface area contributed by atoms with Crippen molar-refractivity contribution in [2.24, 2.45) is 0 Å². The predicted octanol–water partition coefficient (Wildman–Crippen LogP) is 2.56. The van der Waals surface area contributed by atoms with E-state index in [1.807, 2.05) is 19.1 Å². The fourth-order valence-corrected chi connectivity index (χ4v) is 4.45. The summed E-state index contributed by atoms with van der Waals surface area (Å²) in [5.74, 6) is -1.66. The van der Waals surface area contributed by atoms with Gasteiger partial charge in [0.15, 0.2) is 11.5 Å². The van der Waals surface area contributed by atoms with Crippen LogP contribution in [0.2, 0.25) is 0 Å². The van der Waals surface area contributed by atoms with Gasteiger partial charge in [0.05, 0.1) is 19.2 Å². The molecule has 5 rings (SSSR count). The number of amides is 2. The van der Waals surface area contributed by atoms with E-state index in [1.165, 1.54) is 6.07 Å². The lowest BCUT2D eigenvalue weighted by atomic mass is 10.1. The zero-order valence-electron chi connectivity index (χ0n) is 17.9. The Morgan fingerprint density at radius 2 is 1.97 bits per heavy atom. The maximum atomic E-state index is 14.2. The highest BCUT2D eigenvalue weighted by Gasteiger charge is 2.22. The van der Waals surface area contributed by atoms with Crippen LogP contribution in [0.4, 0.5) is 4.39 Å². The number of carbonyl (C=O) groups is 3. The summed E-state index contributed by atoms with van der Waals surface area (Å²) in [6.45, 7) is 2.40. The molecule has 11 heteroatoms. The van der Waals surface area contributed by atoms with E-state index in [9.17, 15) is 18.8 Å². The Kier molecular flexibility index (Phi) is 5.54. The van der Waals surface area contributed by atoms with Gasteiger partial charge in [-0.15, -0.1) is 11.3 Å². The van der Waals surface area contributed by atoms with Gasteiger partial charge in [0.25, 0.3) is 11.8 Å². The van der Waals surface area contributed by atoms with Crippen molar-refractivity contribution in [3.63, 3.8) is 0 Å². The molecule has 0 aliphatic carbocycles. The van der Waals surface area contributed by atoms with Gasteiger partial charge >= 0.3 is 5.97 Å². The van der Waals surface area contributed by atoms with Crippen LogP contribution in [0.5, 0.6) is 5.75 Å². The number of hydrogen-bond acceptors (Lipinski definition) is 7. The Bertz CT molecular complexity index is 1460. The normalized spacial score (nSPS) is 12.5. The lowest BCUT2D eigenvalue weighted by molar-refractivity contribution is -0.131. The van der Waals surface area contributed by atoms with Gasteiger partial charge in [-0.3, -0.25) is 14.4 Å². The van der Waals surface area contributed by atoms with E-state index < -0.39 is 17.6 Å². The number of hydrogen-bond donors (Lipinski definition) is 2. The van der Waals surface area contributed by atoms with Crippen LogP contribution in [0.25, 0.3) is 5.65 Å². The summed E-state index contributed by atoms with van der Waals surface area (Å²) < 4.78 is 20.4. The van der Waals surface area contributed by atoms with Gasteiger partial charge < -0.3 is 15.4 Å². The number of rotatable bonds is 6. The fraction of sp³-hybridized carbons (Fsp3) is 0.174. The van der Waals surface area contributed by atoms with Crippen molar-refractivity contribution in [2.45, 2.75) is 26.4 Å². The van der Waals surface area contributed by atoms with Gasteiger partial charge in [-0.1, -0.05) is 6.07 Å². The molecule has 1 aromatic carbocycles. The third-order valence-electron chi connectivity index (χ3n) is 5.25. The molecule has 0 fully saturated rings. The monoisotopic (exact) mass is 479 g/mol. The molecule has 0 saturated carbocycles. The van der Waals surface area contributed by atoms with Gasteiger partial charge in [0, 0.05) is 27.9 Å². The van der Waals surface area contributed by atoms with Crippen molar-refractivity contribution in [3.05, 3.63) is 80.7 Å². The second kappa shape index (κ2) is 8.67. The number of esters is 1. The topological polar surface area (TPSA) is 115 Å². The maximum Gasteiger partial charge on any atom is 0.315 e. The predicted molar refractivity (Wildman–Crippen MR) is 120 cm³/mol. The molecule has 0 spiro atoms. The summed E-state index contributed by atoms with van der Waals surface area (Å²) in [7, 11) is 0. The summed E-state index contributed by atoms with van der Waals surface area (Å²) in [5, 5.41) is 9.36. The fourth-order valence-electron chi connectivity index (χ4n) is 3.62. The smallest absolute Gasteiger partial charge is 0.315 e. The van der Waals surface area contributed by atoms with Gasteiger partial charge in [0.2, 0.25) is 0 Å². The summed E-state index contributed by atoms with van der Waals surface area (Å²) in [6.07, 6.45) is 1.12. The zero-order valence-corrected chi connectivity index (χ0v) is 18.7. The number of aromatic nitrogens is 3. The van der Waals surface area contributed by atoms with Crippen molar-refractivity contribution in [3.8, 4) is 5.75 Å². The van der Waals surface area contributed by atoms with Crippen LogP contribution in [0.3, 0.4) is 0 Å². The molecule has 1 aliphatic heterocycles. The Morgan fingerprint density at radius 3 is 2.76 bits per heavy atom. The van der Waals surface area contributed by atoms with E-state index in [4.69, 9.17) is 4.74 Å². The SMILES string of the molecule is Cc1ccc(CNC(=O)c2cc(C(=O)NCc3ccc4c(c3)CC(=O)O4)nc3c(F)cnn23)s1. The lowest BCUT2D eigenvalue weighted by Crippen LogP contribution is -2.28. The van der Waals surface area contributed by atoms with Gasteiger partial charge in [-0.05, 0) is 36.8 Å². The molecule has 0 radical (unpaired) electrons. The van der Waals surface area contributed by atoms with E-state index >= 15 is 0 Å². The first-order chi connectivity index (χ1) is 16.4. The van der Waals surface area contributed by atoms with E-state index in [-0.39, 0.29) is 42.5 Å². The Labute approximate surface area is 196 Å². The lowest BCUT2D eigenvalue weighted by Gasteiger charge is -2.10. The van der Waals surface area contributed by atoms with Crippen molar-refractivity contribution in [1.29, 1.82) is 0 Å². The quantitative estimate of drug-likeness (QED) is 0.325. The second-order valence-corrected chi connectivity index (χ2v) is 9.10. The average Bonchev–Trinajstić information content (AvgIpc) is 3.52. The maximum absolute atomic E-state index is 14.2. The number of carbonyl (C=O) groups excluding carboxylic acids is 3. The van der Waals surface area contributed by atoms with Crippen LogP contribution in [0.1, 0.15) is 41.9 Å². The first-order valence-electron chi connectivity index (χ1n) is 10.4. The van der Waals surface area contributed by atoms with E-state index in [1.54, 1.807) is 29.5 Å². The van der Waals surface area contributed by atoms with E-state index in [0.29, 0.717) is 5.75 Å². The van der Waals surface area contributed by atoms with Crippen LogP contribution < -0.4 is 15.4 Å². The molecule has 0 unspecified atom stereocenters. The molecule has 2 amide bonds. The van der Waals surface area contributed by atoms with E-state index in [2.05, 4.69) is 20.7 Å². The minimum Gasteiger partial charge on any atom is -0.426 e. The van der Waals surface area contributed by atoms with Crippen molar-refractivity contribution in [1.82, 2.24) is 25.2 Å². The van der Waals surface area contributed by atoms with Crippen LogP contribution in [0, 0.1) is 12.7 Å². The number of nitrogens with one attached hydrogen (secondary N) is 2. The summed E-state index contributed by atoms with van der Waals surface area (Å²) in [4.78, 5) is 43.2. The average molecular weight is 479 g/mol. The number of benzene rings is 1. The Hall–Kier alpha value is -4.12. The summed E-state index contributed by atoms with van der Waals surface area (Å²) >= 11 is 1.55. The Balaban J connectivity index is 1.35. The van der Waals surface area contributed by atoms with E-state index in [0.717, 1.165) is 31.6 Å². The number of nitrogens with zero attached hydrogens (tertiary/aromatic N) is 3. The molecule has 3 aromatic heterocycles. The molecular formula is C23H18FN5O4S. The van der Waals surface area contributed by atoms with Crippen molar-refractivity contribution >= 4 is 34.8 Å². The number of aryl methyl sites for hydroxylation is 1. The Morgan fingerprint density at radius 1 is 1.15 bits per heavy atom. The third-order valence-corrected chi connectivity index (χ3v) is 6.25. The molecule has 2 N–H and O–H groups in total. The minimum absolute atomic E-state index is 0.0134. The first-order valence-corrected chi connectivity index (χ1v) is 11.2. The van der Waals surface area contributed by atoms with Gasteiger partial charge in [0.1, 0.15) is 17.1 Å². The molecule has 0 saturated heterocycles. The third kappa shape index (κ3) is 4.25. The number of ether oxygens (including phenoxy) is 1. The molecule has 1 aliphatic rings. The molecule has 0 atom stereocenters. The van der Waals surface area contributed by atoms with Crippen LogP contribution in [0.15, 0.2) is 42.6 Å². The molecule has 9 nitrogen and oxygen atoms in total. The largest absolute Gasteiger partial charge is 0.426 e. The zero-order chi connectivity index (χ0) is 23.8. The van der Waals surface area contributed by atoms with Gasteiger partial charge in [-0.25, -0.2) is 13.9 Å². The molecular weight excluding hydrogens is 461 g/mol. The molecule has 4 heterocycles. The second-order valence-electron chi connectivity index (χ2n) is 7.73. The highest BCUT2D eigenvalue weighted by atomic mass is 32.1. The molecule has 34 heavy (non-hydrogen) atoms. The first kappa shape index (κ1) is 21.7. The minimum atomic E-state index is -0.749. The molecule has 0 bridgehead atoms. The highest BCUT2D eigenvalue weighted by Crippen LogP contribution is 2.26. The standard InChI is InChI=1S/C23H18FN5O4S/c1-12-2-4-15(34-12)10-26-23(32)18-8-17(28-21-16(24)11-27-29(18)21)22(31)25-9-13-3-5-19-14(6-13)7-20(30)33-19/h2-6,8,11H,7,9-10H2,1H3,(H,25,31)(H,26,32). The van der Waals surface area contributed by atoms with Gasteiger partial charge in [-0.2, -0.15) is 5.10 Å². The number of halogens is 1. The molecule has 172 valence electrons. The summed E-state index contributed by atoms with van der Waals surface area (Å²) in [6, 6.07) is 10.3. The molecule has 4 aromatic rings. The summed E-state index contributed by atoms with van der Waals surface area (Å²) in [5.41, 5.74) is 1.14. The highest BCUT2D eigenvalue weighted by molar-refractivity contribution is 7.11. The van der Waals surface area contributed by atoms with Crippen LogP contribution in [-0.2, 0) is 24.3 Å². The van der Waals surface area contributed by atoms with Crippen molar-refractivity contribution in [2.75, 3.05) is 0 Å². The number of thiophene rings is 1.